The van der Waals surface area contributed by atoms with Crippen molar-refractivity contribution in [2.75, 3.05) is 5.88 Å². The summed E-state index contributed by atoms with van der Waals surface area (Å²) in [7, 11) is 0. The summed E-state index contributed by atoms with van der Waals surface area (Å²) < 4.78 is 0. The first kappa shape index (κ1) is 10.3. The van der Waals surface area contributed by atoms with E-state index in [1.165, 1.54) is 16.7 Å². The molecule has 0 aromatic heterocycles. The van der Waals surface area contributed by atoms with Crippen LogP contribution >= 0.6 is 11.6 Å². The maximum absolute atomic E-state index is 5.58. The minimum absolute atomic E-state index is 0.696. The summed E-state index contributed by atoms with van der Waals surface area (Å²) in [6.07, 6.45) is 5.18. The Morgan fingerprint density at radius 2 is 1.77 bits per heavy atom. The van der Waals surface area contributed by atoms with Gasteiger partial charge in [0.25, 0.3) is 0 Å². The second-order valence-electron chi connectivity index (χ2n) is 3.30. The van der Waals surface area contributed by atoms with Crippen molar-refractivity contribution in [1.29, 1.82) is 0 Å². The lowest BCUT2D eigenvalue weighted by molar-refractivity contribution is 1.24. The molecule has 0 unspecified atom stereocenters. The highest BCUT2D eigenvalue weighted by Gasteiger charge is 1.90. The van der Waals surface area contributed by atoms with E-state index >= 15 is 0 Å². The van der Waals surface area contributed by atoms with Gasteiger partial charge in [0, 0.05) is 5.88 Å². The summed E-state index contributed by atoms with van der Waals surface area (Å²) in [6, 6.07) is 6.54. The molecular formula is C12H15Cl. The summed E-state index contributed by atoms with van der Waals surface area (Å²) >= 11 is 5.58. The fourth-order valence-corrected chi connectivity index (χ4v) is 1.51. The average Bonchev–Trinajstić information content (AvgIpc) is 2.03. The molecule has 1 aromatic rings. The van der Waals surface area contributed by atoms with Crippen LogP contribution in [0.5, 0.6) is 0 Å². The molecule has 0 aliphatic carbocycles. The van der Waals surface area contributed by atoms with Crippen LogP contribution in [0.25, 0.3) is 6.08 Å². The minimum atomic E-state index is 0.696. The molecule has 1 aromatic carbocycles. The van der Waals surface area contributed by atoms with E-state index in [-0.39, 0.29) is 0 Å². The molecule has 0 spiro atoms. The standard InChI is InChI=1S/C12H15Cl/c1-10-7-11(2)9-12(8-10)5-3-4-6-13/h3,5,7-9H,4,6H2,1-2H3/b5-3+. The van der Waals surface area contributed by atoms with Crippen molar-refractivity contribution in [3.63, 3.8) is 0 Å². The Labute approximate surface area is 85.2 Å². The van der Waals surface area contributed by atoms with Gasteiger partial charge >= 0.3 is 0 Å². The molecular weight excluding hydrogens is 180 g/mol. The monoisotopic (exact) mass is 194 g/mol. The molecule has 1 rings (SSSR count). The van der Waals surface area contributed by atoms with Gasteiger partial charge in [-0.1, -0.05) is 41.5 Å². The van der Waals surface area contributed by atoms with Crippen LogP contribution in [0.15, 0.2) is 24.3 Å². The van der Waals surface area contributed by atoms with E-state index in [1.807, 2.05) is 0 Å². The van der Waals surface area contributed by atoms with Gasteiger partial charge in [-0.3, -0.25) is 0 Å². The number of hydrogen-bond acceptors (Lipinski definition) is 0. The lowest BCUT2D eigenvalue weighted by atomic mass is 10.1. The normalized spacial score (nSPS) is 11.0. The van der Waals surface area contributed by atoms with E-state index < -0.39 is 0 Å². The highest BCUT2D eigenvalue weighted by molar-refractivity contribution is 6.17. The highest BCUT2D eigenvalue weighted by Crippen LogP contribution is 2.10. The number of hydrogen-bond donors (Lipinski definition) is 0. The Kier molecular flexibility index (Phi) is 4.04. The predicted molar refractivity (Wildman–Crippen MR) is 60.3 cm³/mol. The van der Waals surface area contributed by atoms with Crippen LogP contribution in [-0.4, -0.2) is 5.88 Å². The molecule has 70 valence electrons. The molecule has 1 heteroatoms. The van der Waals surface area contributed by atoms with Crippen LogP contribution < -0.4 is 0 Å². The van der Waals surface area contributed by atoms with Gasteiger partial charge in [-0.15, -0.1) is 11.6 Å². The highest BCUT2D eigenvalue weighted by atomic mass is 35.5. The molecule has 0 radical (unpaired) electrons. The summed E-state index contributed by atoms with van der Waals surface area (Å²) in [5.41, 5.74) is 3.89. The van der Waals surface area contributed by atoms with Gasteiger partial charge in [0.1, 0.15) is 0 Å². The second-order valence-corrected chi connectivity index (χ2v) is 3.68. The summed E-state index contributed by atoms with van der Waals surface area (Å²) in [6.45, 7) is 4.23. The third kappa shape index (κ3) is 3.65. The molecule has 0 bridgehead atoms. The van der Waals surface area contributed by atoms with E-state index in [0.29, 0.717) is 5.88 Å². The second kappa shape index (κ2) is 5.08. The first-order valence-electron chi connectivity index (χ1n) is 4.53. The lowest BCUT2D eigenvalue weighted by Crippen LogP contribution is -1.79. The van der Waals surface area contributed by atoms with Crippen LogP contribution in [0.3, 0.4) is 0 Å². The van der Waals surface area contributed by atoms with Gasteiger partial charge in [0.15, 0.2) is 0 Å². The number of halogens is 1. The largest absolute Gasteiger partial charge is 0.126 e. The fraction of sp³-hybridized carbons (Fsp3) is 0.333. The van der Waals surface area contributed by atoms with E-state index in [1.54, 1.807) is 0 Å². The molecule has 0 aliphatic rings. The first-order valence-corrected chi connectivity index (χ1v) is 5.06. The fourth-order valence-electron chi connectivity index (χ4n) is 1.39. The number of benzene rings is 1. The number of aryl methyl sites for hydroxylation is 2. The van der Waals surface area contributed by atoms with Crippen molar-refractivity contribution in [3.05, 3.63) is 41.0 Å². The van der Waals surface area contributed by atoms with E-state index in [9.17, 15) is 0 Å². The van der Waals surface area contributed by atoms with Crippen molar-refractivity contribution in [2.24, 2.45) is 0 Å². The first-order chi connectivity index (χ1) is 6.22. The van der Waals surface area contributed by atoms with Gasteiger partial charge in [0.2, 0.25) is 0 Å². The zero-order chi connectivity index (χ0) is 9.68. The molecule has 0 fully saturated rings. The minimum Gasteiger partial charge on any atom is -0.126 e. The maximum Gasteiger partial charge on any atom is 0.0258 e. The SMILES string of the molecule is Cc1cc(C)cc(/C=C/CCCl)c1. The van der Waals surface area contributed by atoms with Crippen molar-refractivity contribution < 1.29 is 0 Å². The van der Waals surface area contributed by atoms with Crippen LogP contribution in [0.4, 0.5) is 0 Å². The van der Waals surface area contributed by atoms with Gasteiger partial charge in [-0.25, -0.2) is 0 Å². The third-order valence-corrected chi connectivity index (χ3v) is 2.05. The molecule has 0 amide bonds. The smallest absolute Gasteiger partial charge is 0.0258 e. The zero-order valence-corrected chi connectivity index (χ0v) is 8.93. The number of allylic oxidation sites excluding steroid dienone is 1. The summed E-state index contributed by atoms with van der Waals surface area (Å²) in [5, 5.41) is 0. The molecule has 0 atom stereocenters. The topological polar surface area (TPSA) is 0 Å². The molecule has 0 saturated heterocycles. The van der Waals surface area contributed by atoms with Crippen molar-refractivity contribution in [1.82, 2.24) is 0 Å². The Balaban J connectivity index is 2.77. The third-order valence-electron chi connectivity index (χ3n) is 1.83. The maximum atomic E-state index is 5.58. The Morgan fingerprint density at radius 1 is 1.15 bits per heavy atom. The molecule has 0 aliphatic heterocycles. The molecule has 0 saturated carbocycles. The molecule has 0 nitrogen and oxygen atoms in total. The summed E-state index contributed by atoms with van der Waals surface area (Å²) in [4.78, 5) is 0. The number of alkyl halides is 1. The van der Waals surface area contributed by atoms with Crippen LogP contribution in [-0.2, 0) is 0 Å². The van der Waals surface area contributed by atoms with Crippen molar-refractivity contribution in [3.8, 4) is 0 Å². The van der Waals surface area contributed by atoms with Crippen molar-refractivity contribution >= 4 is 17.7 Å². The van der Waals surface area contributed by atoms with Gasteiger partial charge in [-0.2, -0.15) is 0 Å². The van der Waals surface area contributed by atoms with Crippen LogP contribution in [0, 0.1) is 13.8 Å². The van der Waals surface area contributed by atoms with E-state index in [4.69, 9.17) is 11.6 Å². The van der Waals surface area contributed by atoms with Gasteiger partial charge in [-0.05, 0) is 25.8 Å². The van der Waals surface area contributed by atoms with Gasteiger partial charge < -0.3 is 0 Å². The van der Waals surface area contributed by atoms with E-state index in [0.717, 1.165) is 6.42 Å². The Hall–Kier alpha value is -0.750. The van der Waals surface area contributed by atoms with E-state index in [2.05, 4.69) is 44.2 Å². The molecule has 0 heterocycles. The Bertz CT molecular complexity index is 280. The Morgan fingerprint density at radius 3 is 2.31 bits per heavy atom. The van der Waals surface area contributed by atoms with Gasteiger partial charge in [0.05, 0.1) is 0 Å². The lowest BCUT2D eigenvalue weighted by Gasteiger charge is -1.99. The van der Waals surface area contributed by atoms with Crippen LogP contribution in [0.1, 0.15) is 23.1 Å². The average molecular weight is 195 g/mol. The van der Waals surface area contributed by atoms with Crippen LogP contribution in [0.2, 0.25) is 0 Å². The molecule has 13 heavy (non-hydrogen) atoms. The van der Waals surface area contributed by atoms with Crippen molar-refractivity contribution in [2.45, 2.75) is 20.3 Å². The number of rotatable bonds is 3. The summed E-state index contributed by atoms with van der Waals surface area (Å²) in [5.74, 6) is 0.696. The quantitative estimate of drug-likeness (QED) is 0.640. The molecule has 0 N–H and O–H groups in total. The predicted octanol–water partition coefficient (Wildman–Crippen LogP) is 3.95. The zero-order valence-electron chi connectivity index (χ0n) is 8.18.